The highest BCUT2D eigenvalue weighted by atomic mass is 16.4. The van der Waals surface area contributed by atoms with E-state index in [9.17, 15) is 30.3 Å². The third-order valence-corrected chi connectivity index (χ3v) is 13.1. The van der Waals surface area contributed by atoms with Crippen LogP contribution in [-0.2, 0) is 9.59 Å². The fourth-order valence-corrected chi connectivity index (χ4v) is 8.59. The van der Waals surface area contributed by atoms with E-state index in [0.717, 1.165) is 78.3 Å². The molecule has 0 amide bonds. The van der Waals surface area contributed by atoms with E-state index in [1.807, 2.05) is 66.7 Å². The first kappa shape index (κ1) is 50.6. The number of carboxylic acid groups (broad SMARTS) is 2. The van der Waals surface area contributed by atoms with Crippen LogP contribution in [0.25, 0.3) is 47.1 Å². The third kappa shape index (κ3) is 12.2. The first-order valence-corrected chi connectivity index (χ1v) is 24.1. The van der Waals surface area contributed by atoms with Crippen LogP contribution < -0.4 is 4.90 Å². The first-order valence-electron chi connectivity index (χ1n) is 24.1. The van der Waals surface area contributed by atoms with E-state index in [1.165, 1.54) is 34.4 Å². The van der Waals surface area contributed by atoms with Crippen molar-refractivity contribution in [2.45, 2.75) is 34.6 Å². The van der Waals surface area contributed by atoms with Crippen molar-refractivity contribution in [2.24, 2.45) is 0 Å². The topological polar surface area (TPSA) is 125 Å². The van der Waals surface area contributed by atoms with Crippen LogP contribution in [0.4, 0.5) is 17.1 Å². The van der Waals surface area contributed by atoms with Crippen molar-refractivity contribution in [3.05, 3.63) is 277 Å². The Morgan fingerprint density at radius 3 is 1.05 bits per heavy atom. The minimum atomic E-state index is -1.27. The maximum Gasteiger partial charge on any atom is 0.346 e. The molecule has 0 spiro atoms. The van der Waals surface area contributed by atoms with Crippen molar-refractivity contribution in [3.63, 3.8) is 0 Å². The lowest BCUT2D eigenvalue weighted by molar-refractivity contribution is -0.133. The lowest BCUT2D eigenvalue weighted by Crippen LogP contribution is -2.09. The second-order valence-corrected chi connectivity index (χ2v) is 18.2. The van der Waals surface area contributed by atoms with Crippen molar-refractivity contribution < 1.29 is 19.8 Å². The monoisotopic (exact) mass is 963 g/mol. The number of nitriles is 2. The molecule has 74 heavy (non-hydrogen) atoms. The quantitative estimate of drug-likeness (QED) is 0.0595. The number of aliphatic carboxylic acids is 2. The normalized spacial score (nSPS) is 12.2. The number of benzene rings is 8. The molecule has 7 nitrogen and oxygen atoms in total. The fraction of sp³-hybridized carbons (Fsp3) is 0.0746. The molecule has 0 fully saturated rings. The van der Waals surface area contributed by atoms with Crippen molar-refractivity contribution in [2.75, 3.05) is 4.90 Å². The maximum atomic E-state index is 11.6. The Balaban J connectivity index is 1.19. The van der Waals surface area contributed by atoms with Crippen molar-refractivity contribution >= 4 is 76.1 Å². The predicted molar refractivity (Wildman–Crippen MR) is 302 cm³/mol. The number of carboxylic acids is 2. The number of hydrogen-bond acceptors (Lipinski definition) is 5. The second kappa shape index (κ2) is 22.9. The minimum Gasteiger partial charge on any atom is -0.477 e. The Labute approximate surface area is 433 Å². The van der Waals surface area contributed by atoms with Crippen molar-refractivity contribution in [1.82, 2.24) is 0 Å². The molecule has 0 atom stereocenters. The van der Waals surface area contributed by atoms with Gasteiger partial charge in [-0.3, -0.25) is 0 Å². The zero-order valence-electron chi connectivity index (χ0n) is 41.8. The zero-order chi connectivity index (χ0) is 52.3. The zero-order valence-corrected chi connectivity index (χ0v) is 41.8. The lowest BCUT2D eigenvalue weighted by Gasteiger charge is -2.26. The molecule has 0 aliphatic carbocycles. The van der Waals surface area contributed by atoms with Gasteiger partial charge in [-0.25, -0.2) is 9.59 Å². The van der Waals surface area contributed by atoms with E-state index in [2.05, 4.69) is 179 Å². The van der Waals surface area contributed by atoms with Gasteiger partial charge in [0.15, 0.2) is 0 Å². The maximum absolute atomic E-state index is 11.6. The van der Waals surface area contributed by atoms with E-state index in [1.54, 1.807) is 12.1 Å². The summed E-state index contributed by atoms with van der Waals surface area (Å²) in [6.07, 6.45) is 9.27. The summed E-state index contributed by atoms with van der Waals surface area (Å²) in [4.78, 5) is 25.4. The Bertz CT molecular complexity index is 3430. The van der Waals surface area contributed by atoms with Crippen LogP contribution in [0, 0.1) is 50.4 Å². The molecule has 8 aromatic carbocycles. The van der Waals surface area contributed by atoms with E-state index in [-0.39, 0.29) is 11.1 Å². The van der Waals surface area contributed by atoms with E-state index >= 15 is 0 Å². The van der Waals surface area contributed by atoms with Gasteiger partial charge >= 0.3 is 11.9 Å². The Morgan fingerprint density at radius 2 is 0.716 bits per heavy atom. The highest BCUT2D eigenvalue weighted by molar-refractivity contribution is 5.98. The van der Waals surface area contributed by atoms with Crippen LogP contribution in [0.5, 0.6) is 0 Å². The van der Waals surface area contributed by atoms with Gasteiger partial charge in [0, 0.05) is 17.1 Å². The van der Waals surface area contributed by atoms with Gasteiger partial charge in [-0.05, 0) is 190 Å². The summed E-state index contributed by atoms with van der Waals surface area (Å²) in [6, 6.07) is 67.3. The van der Waals surface area contributed by atoms with E-state index in [4.69, 9.17) is 0 Å². The van der Waals surface area contributed by atoms with Gasteiger partial charge in [-0.15, -0.1) is 0 Å². The van der Waals surface area contributed by atoms with Crippen LogP contribution in [0.15, 0.2) is 199 Å². The van der Waals surface area contributed by atoms with Crippen LogP contribution in [0.1, 0.15) is 84.8 Å². The molecule has 8 aromatic rings. The molecule has 8 rings (SSSR count). The van der Waals surface area contributed by atoms with Gasteiger partial charge in [0.25, 0.3) is 0 Å². The molecule has 0 aliphatic rings. The van der Waals surface area contributed by atoms with Gasteiger partial charge < -0.3 is 15.1 Å². The molecule has 2 N–H and O–H groups in total. The third-order valence-electron chi connectivity index (χ3n) is 13.1. The molecule has 0 radical (unpaired) electrons. The van der Waals surface area contributed by atoms with Crippen LogP contribution in [-0.4, -0.2) is 22.2 Å². The SMILES string of the molecule is C/C(=C\c1ccc(N(c2ccc(/C=C(/c3ccc(/C=C(\C#N)C(=O)O)cc3)c3ccc(C)c(C)c3)cc2)c2ccc(/C=C(/c3ccc(/C=C(\C#N)C(=O)O)cc3)c3ccc(C)c(C)c3)cc2)cc1)c1ccccc1. The molecule has 7 heteroatoms. The Morgan fingerprint density at radius 1 is 0.392 bits per heavy atom. The molecule has 0 heterocycles. The summed E-state index contributed by atoms with van der Waals surface area (Å²) in [5, 5.41) is 37.6. The number of rotatable bonds is 15. The van der Waals surface area contributed by atoms with Gasteiger partial charge in [-0.2, -0.15) is 10.5 Å². The summed E-state index contributed by atoms with van der Waals surface area (Å²) in [7, 11) is 0. The summed E-state index contributed by atoms with van der Waals surface area (Å²) in [6.45, 7) is 10.5. The van der Waals surface area contributed by atoms with Crippen molar-refractivity contribution in [1.29, 1.82) is 10.5 Å². The molecule has 0 bridgehead atoms. The van der Waals surface area contributed by atoms with Crippen LogP contribution in [0.2, 0.25) is 0 Å². The number of carbonyl (C=O) groups is 2. The smallest absolute Gasteiger partial charge is 0.346 e. The van der Waals surface area contributed by atoms with Gasteiger partial charge in [0.05, 0.1) is 0 Å². The summed E-state index contributed by atoms with van der Waals surface area (Å²) < 4.78 is 0. The Hall–Kier alpha value is -9.82. The number of allylic oxidation sites excluding steroid dienone is 1. The molecular weight excluding hydrogens is 911 g/mol. The second-order valence-electron chi connectivity index (χ2n) is 18.2. The molecule has 0 aliphatic heterocycles. The van der Waals surface area contributed by atoms with E-state index in [0.29, 0.717) is 11.1 Å². The number of anilines is 3. The molecular formula is C67H53N3O4. The number of nitrogens with zero attached hydrogens (tertiary/aromatic N) is 3. The number of hydrogen-bond donors (Lipinski definition) is 2. The van der Waals surface area contributed by atoms with Gasteiger partial charge in [0.1, 0.15) is 23.3 Å². The summed E-state index contributed by atoms with van der Waals surface area (Å²) >= 11 is 0. The predicted octanol–water partition coefficient (Wildman–Crippen LogP) is 16.1. The average Bonchev–Trinajstić information content (AvgIpc) is 3.41. The minimum absolute atomic E-state index is 0.330. The molecule has 0 aromatic heterocycles. The fourth-order valence-electron chi connectivity index (χ4n) is 8.59. The first-order chi connectivity index (χ1) is 35.8. The number of aryl methyl sites for hydroxylation is 4. The van der Waals surface area contributed by atoms with Gasteiger partial charge in [0.2, 0.25) is 0 Å². The molecule has 360 valence electrons. The van der Waals surface area contributed by atoms with Crippen LogP contribution in [0.3, 0.4) is 0 Å². The van der Waals surface area contributed by atoms with Gasteiger partial charge in [-0.1, -0.05) is 158 Å². The molecule has 0 saturated carbocycles. The molecule has 0 unspecified atom stereocenters. The summed E-state index contributed by atoms with van der Waals surface area (Å²) in [5.74, 6) is -2.53. The highest BCUT2D eigenvalue weighted by Crippen LogP contribution is 2.37. The van der Waals surface area contributed by atoms with E-state index < -0.39 is 11.9 Å². The highest BCUT2D eigenvalue weighted by Gasteiger charge is 2.16. The Kier molecular flexibility index (Phi) is 15.7. The van der Waals surface area contributed by atoms with Crippen molar-refractivity contribution in [3.8, 4) is 12.1 Å². The standard InChI is InChI=1S/C67H53N3O4/c1-44-11-23-57(36-46(44)3)64(55-25-13-50(14-26-55)38-59(42-68)66(71)72)40-52-19-31-62(32-20-52)70(61-29-17-49(18-30-61)35-48(5)54-9-7-6-8-10-54)63-33-21-53(22-34-63)41-65(58-24-12-45(2)47(4)37-58)56-27-15-51(16-28-56)39-60(43-69)67(73)74/h6-41H,1-5H3,(H,71,72)(H,73,74)/b48-35+,59-38+,60-39+,64-40-,65-41-. The lowest BCUT2D eigenvalue weighted by atomic mass is 9.92. The largest absolute Gasteiger partial charge is 0.477 e. The summed E-state index contributed by atoms with van der Waals surface area (Å²) in [5.41, 5.74) is 19.5. The average molecular weight is 964 g/mol. The molecule has 0 saturated heterocycles. The van der Waals surface area contributed by atoms with Crippen LogP contribution >= 0.6 is 0 Å².